The first kappa shape index (κ1) is 14.7. The van der Waals surface area contributed by atoms with Gasteiger partial charge in [0.05, 0.1) is 24.9 Å². The van der Waals surface area contributed by atoms with E-state index in [9.17, 15) is 0 Å². The Labute approximate surface area is 120 Å². The first-order valence-corrected chi connectivity index (χ1v) is 6.24. The summed E-state index contributed by atoms with van der Waals surface area (Å²) in [6.07, 6.45) is 1.64. The standard InChI is InChI=1S/C11H14BrN3O2S/c1-13-11(18)15-14-6-7-4-8(12)10(17-3)9(5-7)16-2/h4-6H,1-3H3,(H2,13,15,18)/b14-6-. The number of thiocarbonyl (C=S) groups is 1. The molecule has 7 heteroatoms. The van der Waals surface area contributed by atoms with Crippen molar-refractivity contribution in [1.29, 1.82) is 0 Å². The summed E-state index contributed by atoms with van der Waals surface area (Å²) in [5, 5.41) is 7.19. The Morgan fingerprint density at radius 1 is 1.39 bits per heavy atom. The van der Waals surface area contributed by atoms with Crippen molar-refractivity contribution in [2.24, 2.45) is 5.10 Å². The van der Waals surface area contributed by atoms with Crippen LogP contribution >= 0.6 is 28.1 Å². The van der Waals surface area contributed by atoms with Crippen LogP contribution < -0.4 is 20.2 Å². The molecule has 18 heavy (non-hydrogen) atoms. The lowest BCUT2D eigenvalue weighted by molar-refractivity contribution is 0.353. The lowest BCUT2D eigenvalue weighted by Crippen LogP contribution is -2.28. The van der Waals surface area contributed by atoms with Crippen molar-refractivity contribution in [2.75, 3.05) is 21.3 Å². The first-order valence-electron chi connectivity index (χ1n) is 5.04. The maximum atomic E-state index is 5.23. The molecule has 0 atom stereocenters. The van der Waals surface area contributed by atoms with Gasteiger partial charge >= 0.3 is 0 Å². The fourth-order valence-corrected chi connectivity index (χ4v) is 1.91. The molecule has 0 unspecified atom stereocenters. The molecule has 1 aromatic rings. The monoisotopic (exact) mass is 331 g/mol. The van der Waals surface area contributed by atoms with Crippen LogP contribution in [0.25, 0.3) is 0 Å². The molecule has 2 N–H and O–H groups in total. The Kier molecular flexibility index (Phi) is 5.87. The van der Waals surface area contributed by atoms with Crippen molar-refractivity contribution in [2.45, 2.75) is 0 Å². The average molecular weight is 332 g/mol. The third-order valence-corrected chi connectivity index (χ3v) is 2.95. The highest BCUT2D eigenvalue weighted by atomic mass is 79.9. The van der Waals surface area contributed by atoms with Crippen LogP contribution in [0.2, 0.25) is 0 Å². The quantitative estimate of drug-likeness (QED) is 0.501. The molecule has 98 valence electrons. The molecule has 1 rings (SSSR count). The minimum Gasteiger partial charge on any atom is -0.493 e. The van der Waals surface area contributed by atoms with Crippen LogP contribution in [0.3, 0.4) is 0 Å². The summed E-state index contributed by atoms with van der Waals surface area (Å²) < 4.78 is 11.2. The van der Waals surface area contributed by atoms with Gasteiger partial charge in [-0.15, -0.1) is 0 Å². The molecule has 0 saturated carbocycles. The molecule has 0 bridgehead atoms. The van der Waals surface area contributed by atoms with Gasteiger partial charge in [-0.25, -0.2) is 0 Å². The maximum absolute atomic E-state index is 5.23. The molecule has 0 aromatic heterocycles. The van der Waals surface area contributed by atoms with E-state index in [1.54, 1.807) is 27.5 Å². The van der Waals surface area contributed by atoms with E-state index in [1.165, 1.54) is 0 Å². The molecule has 5 nitrogen and oxygen atoms in total. The summed E-state index contributed by atoms with van der Waals surface area (Å²) in [5.74, 6) is 1.28. The Hall–Kier alpha value is -1.34. The van der Waals surface area contributed by atoms with Crippen LogP contribution in [0.4, 0.5) is 0 Å². The molecular weight excluding hydrogens is 318 g/mol. The average Bonchev–Trinajstić information content (AvgIpc) is 2.37. The van der Waals surface area contributed by atoms with E-state index in [0.717, 1.165) is 10.0 Å². The number of rotatable bonds is 4. The zero-order chi connectivity index (χ0) is 13.5. The molecule has 0 aliphatic heterocycles. The van der Waals surface area contributed by atoms with Crippen molar-refractivity contribution >= 4 is 39.5 Å². The highest BCUT2D eigenvalue weighted by molar-refractivity contribution is 9.10. The van der Waals surface area contributed by atoms with Crippen molar-refractivity contribution in [3.8, 4) is 11.5 Å². The topological polar surface area (TPSA) is 54.9 Å². The van der Waals surface area contributed by atoms with Gasteiger partial charge in [-0.2, -0.15) is 5.10 Å². The minimum atomic E-state index is 0.450. The summed E-state index contributed by atoms with van der Waals surface area (Å²) in [6, 6.07) is 3.69. The fourth-order valence-electron chi connectivity index (χ4n) is 1.23. The Morgan fingerprint density at radius 3 is 2.67 bits per heavy atom. The molecular formula is C11H14BrN3O2S. The second-order valence-electron chi connectivity index (χ2n) is 3.19. The van der Waals surface area contributed by atoms with Crippen LogP contribution in [0, 0.1) is 0 Å². The molecule has 0 aliphatic carbocycles. The van der Waals surface area contributed by atoms with E-state index in [2.05, 4.69) is 31.8 Å². The number of methoxy groups -OCH3 is 2. The zero-order valence-corrected chi connectivity index (χ0v) is 12.7. The lowest BCUT2D eigenvalue weighted by atomic mass is 10.2. The van der Waals surface area contributed by atoms with Gasteiger partial charge in [0, 0.05) is 7.05 Å². The largest absolute Gasteiger partial charge is 0.493 e. The van der Waals surface area contributed by atoms with E-state index >= 15 is 0 Å². The van der Waals surface area contributed by atoms with Gasteiger partial charge in [0.2, 0.25) is 0 Å². The van der Waals surface area contributed by atoms with Gasteiger partial charge in [-0.1, -0.05) is 0 Å². The first-order chi connectivity index (χ1) is 8.62. The predicted molar refractivity (Wildman–Crippen MR) is 79.6 cm³/mol. The second-order valence-corrected chi connectivity index (χ2v) is 4.45. The van der Waals surface area contributed by atoms with Crippen molar-refractivity contribution in [3.63, 3.8) is 0 Å². The van der Waals surface area contributed by atoms with E-state index in [1.807, 2.05) is 12.1 Å². The van der Waals surface area contributed by atoms with Crippen LogP contribution in [0.15, 0.2) is 21.7 Å². The molecule has 1 aromatic carbocycles. The van der Waals surface area contributed by atoms with Crippen LogP contribution in [0.5, 0.6) is 11.5 Å². The van der Waals surface area contributed by atoms with Gasteiger partial charge < -0.3 is 14.8 Å². The molecule has 0 heterocycles. The number of halogens is 1. The summed E-state index contributed by atoms with van der Waals surface area (Å²) >= 11 is 8.30. The molecule has 0 amide bonds. The van der Waals surface area contributed by atoms with Crippen LogP contribution in [-0.2, 0) is 0 Å². The van der Waals surface area contributed by atoms with Gasteiger partial charge in [0.25, 0.3) is 0 Å². The summed E-state index contributed by atoms with van der Waals surface area (Å²) in [7, 11) is 4.89. The number of hydrazone groups is 1. The van der Waals surface area contributed by atoms with Gasteiger partial charge in [-0.3, -0.25) is 5.43 Å². The third kappa shape index (κ3) is 3.85. The van der Waals surface area contributed by atoms with Crippen molar-refractivity contribution < 1.29 is 9.47 Å². The smallest absolute Gasteiger partial charge is 0.186 e. The van der Waals surface area contributed by atoms with Gasteiger partial charge in [0.1, 0.15) is 0 Å². The number of hydrogen-bond acceptors (Lipinski definition) is 4. The van der Waals surface area contributed by atoms with Gasteiger partial charge in [0.15, 0.2) is 16.6 Å². The van der Waals surface area contributed by atoms with Crippen LogP contribution in [-0.4, -0.2) is 32.6 Å². The predicted octanol–water partition coefficient (Wildman–Crippen LogP) is 1.89. The van der Waals surface area contributed by atoms with Crippen molar-refractivity contribution in [3.05, 3.63) is 22.2 Å². The Bertz CT molecular complexity index is 466. The zero-order valence-electron chi connectivity index (χ0n) is 10.3. The normalized spacial score (nSPS) is 10.2. The number of nitrogens with one attached hydrogen (secondary N) is 2. The van der Waals surface area contributed by atoms with Gasteiger partial charge in [-0.05, 0) is 45.8 Å². The minimum absolute atomic E-state index is 0.450. The molecule has 0 radical (unpaired) electrons. The SMILES string of the molecule is CNC(=S)N/N=C\c1cc(Br)c(OC)c(OC)c1. The summed E-state index contributed by atoms with van der Waals surface area (Å²) in [4.78, 5) is 0. The maximum Gasteiger partial charge on any atom is 0.186 e. The molecule has 0 saturated heterocycles. The molecule has 0 spiro atoms. The number of ether oxygens (including phenoxy) is 2. The van der Waals surface area contributed by atoms with Crippen LogP contribution in [0.1, 0.15) is 5.56 Å². The highest BCUT2D eigenvalue weighted by Crippen LogP contribution is 2.35. The summed E-state index contributed by atoms with van der Waals surface area (Å²) in [6.45, 7) is 0. The number of hydrogen-bond donors (Lipinski definition) is 2. The number of benzene rings is 1. The lowest BCUT2D eigenvalue weighted by Gasteiger charge is -2.10. The third-order valence-electron chi connectivity index (χ3n) is 2.06. The second kappa shape index (κ2) is 7.17. The van der Waals surface area contributed by atoms with E-state index < -0.39 is 0 Å². The Balaban J connectivity index is 2.91. The van der Waals surface area contributed by atoms with E-state index in [0.29, 0.717) is 16.6 Å². The Morgan fingerprint density at radius 2 is 2.11 bits per heavy atom. The van der Waals surface area contributed by atoms with E-state index in [4.69, 9.17) is 21.7 Å². The molecule has 0 aliphatic rings. The number of nitrogens with zero attached hydrogens (tertiary/aromatic N) is 1. The highest BCUT2D eigenvalue weighted by Gasteiger charge is 2.09. The summed E-state index contributed by atoms with van der Waals surface area (Å²) in [5.41, 5.74) is 3.52. The fraction of sp³-hybridized carbons (Fsp3) is 0.273. The van der Waals surface area contributed by atoms with E-state index in [-0.39, 0.29) is 0 Å². The van der Waals surface area contributed by atoms with Crippen molar-refractivity contribution in [1.82, 2.24) is 10.7 Å². The molecule has 0 fully saturated rings.